The van der Waals surface area contributed by atoms with Crippen molar-refractivity contribution in [2.45, 2.75) is 38.8 Å². The van der Waals surface area contributed by atoms with Crippen molar-refractivity contribution in [2.24, 2.45) is 0 Å². The fraction of sp³-hybridized carbons (Fsp3) is 0.500. The van der Waals surface area contributed by atoms with E-state index in [4.69, 9.17) is 4.74 Å². The van der Waals surface area contributed by atoms with E-state index >= 15 is 0 Å². The highest BCUT2D eigenvalue weighted by Crippen LogP contribution is 2.20. The van der Waals surface area contributed by atoms with Crippen LogP contribution < -0.4 is 5.32 Å². The predicted octanol–water partition coefficient (Wildman–Crippen LogP) is 2.81. The standard InChI is InChI=1S/C14H20FNO3/c1-9-5-10(15)7-11(6-9)16-12(13(17)18)8-14(2,3)19-4/h5-7,12,16H,8H2,1-4H3,(H,17,18). The highest BCUT2D eigenvalue weighted by atomic mass is 19.1. The smallest absolute Gasteiger partial charge is 0.326 e. The van der Waals surface area contributed by atoms with Crippen molar-refractivity contribution >= 4 is 11.7 Å². The lowest BCUT2D eigenvalue weighted by Crippen LogP contribution is -2.38. The van der Waals surface area contributed by atoms with Crippen LogP contribution in [0.5, 0.6) is 0 Å². The Hall–Kier alpha value is -1.62. The van der Waals surface area contributed by atoms with Crippen molar-refractivity contribution in [2.75, 3.05) is 12.4 Å². The number of carboxylic acids is 1. The molecule has 0 bridgehead atoms. The lowest BCUT2D eigenvalue weighted by Gasteiger charge is -2.27. The largest absolute Gasteiger partial charge is 0.480 e. The highest BCUT2D eigenvalue weighted by Gasteiger charge is 2.27. The molecule has 0 spiro atoms. The van der Waals surface area contributed by atoms with Crippen LogP contribution in [0.25, 0.3) is 0 Å². The maximum Gasteiger partial charge on any atom is 0.326 e. The monoisotopic (exact) mass is 269 g/mol. The minimum atomic E-state index is -0.993. The summed E-state index contributed by atoms with van der Waals surface area (Å²) < 4.78 is 18.5. The normalized spacial score (nSPS) is 13.1. The Morgan fingerprint density at radius 3 is 2.58 bits per heavy atom. The number of rotatable bonds is 6. The van der Waals surface area contributed by atoms with Gasteiger partial charge in [0.05, 0.1) is 5.60 Å². The van der Waals surface area contributed by atoms with Crippen molar-refractivity contribution < 1.29 is 19.0 Å². The van der Waals surface area contributed by atoms with Gasteiger partial charge in [-0.2, -0.15) is 0 Å². The second-order valence-electron chi connectivity index (χ2n) is 5.22. The van der Waals surface area contributed by atoms with Crippen molar-refractivity contribution in [1.29, 1.82) is 0 Å². The zero-order valence-electron chi connectivity index (χ0n) is 11.7. The van der Waals surface area contributed by atoms with Crippen LogP contribution in [0.15, 0.2) is 18.2 Å². The Morgan fingerprint density at radius 1 is 1.47 bits per heavy atom. The number of ether oxygens (including phenoxy) is 1. The van der Waals surface area contributed by atoms with Gasteiger partial charge < -0.3 is 15.2 Å². The summed E-state index contributed by atoms with van der Waals surface area (Å²) >= 11 is 0. The minimum Gasteiger partial charge on any atom is -0.480 e. The second-order valence-corrected chi connectivity index (χ2v) is 5.22. The molecule has 1 atom stereocenters. The maximum atomic E-state index is 13.3. The third kappa shape index (κ3) is 4.87. The molecule has 0 fully saturated rings. The molecule has 106 valence electrons. The summed E-state index contributed by atoms with van der Waals surface area (Å²) in [5.41, 5.74) is 0.618. The number of carbonyl (C=O) groups is 1. The zero-order valence-corrected chi connectivity index (χ0v) is 11.7. The summed E-state index contributed by atoms with van der Waals surface area (Å²) in [6.45, 7) is 5.37. The number of anilines is 1. The molecule has 5 heteroatoms. The number of halogens is 1. The molecule has 0 radical (unpaired) electrons. The highest BCUT2D eigenvalue weighted by molar-refractivity contribution is 5.77. The van der Waals surface area contributed by atoms with E-state index in [0.717, 1.165) is 5.56 Å². The number of hydrogen-bond acceptors (Lipinski definition) is 3. The first kappa shape index (κ1) is 15.4. The second kappa shape index (κ2) is 6.02. The fourth-order valence-corrected chi connectivity index (χ4v) is 1.80. The summed E-state index contributed by atoms with van der Waals surface area (Å²) in [6.07, 6.45) is 0.272. The molecule has 0 aliphatic carbocycles. The third-order valence-electron chi connectivity index (χ3n) is 2.93. The van der Waals surface area contributed by atoms with Crippen molar-refractivity contribution in [3.8, 4) is 0 Å². The Morgan fingerprint density at radius 2 is 2.11 bits per heavy atom. The molecule has 0 saturated heterocycles. The van der Waals surface area contributed by atoms with Crippen molar-refractivity contribution in [3.63, 3.8) is 0 Å². The van der Waals surface area contributed by atoms with Gasteiger partial charge >= 0.3 is 5.97 Å². The van der Waals surface area contributed by atoms with Crippen LogP contribution in [0.1, 0.15) is 25.8 Å². The van der Waals surface area contributed by atoms with Gasteiger partial charge in [0.2, 0.25) is 0 Å². The number of hydrogen-bond donors (Lipinski definition) is 2. The average molecular weight is 269 g/mol. The molecule has 4 nitrogen and oxygen atoms in total. The van der Waals surface area contributed by atoms with Crippen molar-refractivity contribution in [3.05, 3.63) is 29.6 Å². The molecular formula is C14H20FNO3. The molecule has 2 N–H and O–H groups in total. The molecule has 1 unspecified atom stereocenters. The molecule has 1 aromatic carbocycles. The predicted molar refractivity (Wildman–Crippen MR) is 71.9 cm³/mol. The van der Waals surface area contributed by atoms with E-state index in [1.807, 2.05) is 0 Å². The molecule has 0 aromatic heterocycles. The summed E-state index contributed by atoms with van der Waals surface area (Å²) in [4.78, 5) is 11.3. The Balaban J connectivity index is 2.87. The van der Waals surface area contributed by atoms with Gasteiger partial charge in [-0.1, -0.05) is 0 Å². The van der Waals surface area contributed by atoms with E-state index in [2.05, 4.69) is 5.32 Å². The molecule has 0 heterocycles. The minimum absolute atomic E-state index is 0.272. The first-order chi connectivity index (χ1) is 8.73. The van der Waals surface area contributed by atoms with Gasteiger partial charge in [-0.05, 0) is 44.5 Å². The van der Waals surface area contributed by atoms with E-state index < -0.39 is 23.4 Å². The van der Waals surface area contributed by atoms with Crippen LogP contribution in [-0.2, 0) is 9.53 Å². The van der Waals surface area contributed by atoms with Crippen LogP contribution in [-0.4, -0.2) is 29.8 Å². The third-order valence-corrected chi connectivity index (χ3v) is 2.93. The van der Waals surface area contributed by atoms with Gasteiger partial charge in [-0.15, -0.1) is 0 Å². The summed E-state index contributed by atoms with van der Waals surface area (Å²) in [5.74, 6) is -1.38. The van der Waals surface area contributed by atoms with Crippen LogP contribution in [0, 0.1) is 12.7 Å². The van der Waals surface area contributed by atoms with E-state index in [0.29, 0.717) is 5.69 Å². The number of nitrogens with one attached hydrogen (secondary N) is 1. The van der Waals surface area contributed by atoms with Gasteiger partial charge in [-0.25, -0.2) is 9.18 Å². The van der Waals surface area contributed by atoms with E-state index in [1.165, 1.54) is 19.2 Å². The quantitative estimate of drug-likeness (QED) is 0.833. The maximum absolute atomic E-state index is 13.3. The lowest BCUT2D eigenvalue weighted by molar-refractivity contribution is -0.139. The van der Waals surface area contributed by atoms with E-state index in [9.17, 15) is 14.3 Å². The zero-order chi connectivity index (χ0) is 14.6. The van der Waals surface area contributed by atoms with Crippen LogP contribution in [0.4, 0.5) is 10.1 Å². The van der Waals surface area contributed by atoms with Crippen LogP contribution in [0.2, 0.25) is 0 Å². The van der Waals surface area contributed by atoms with Crippen molar-refractivity contribution in [1.82, 2.24) is 0 Å². The molecule has 0 amide bonds. The SMILES string of the molecule is COC(C)(C)CC(Nc1cc(C)cc(F)c1)C(=O)O. The van der Waals surface area contributed by atoms with Gasteiger partial charge in [0.15, 0.2) is 0 Å². The number of aryl methyl sites for hydroxylation is 1. The van der Waals surface area contributed by atoms with Crippen LogP contribution in [0.3, 0.4) is 0 Å². The van der Waals surface area contributed by atoms with Gasteiger partial charge in [0.25, 0.3) is 0 Å². The molecular weight excluding hydrogens is 249 g/mol. The number of aliphatic carboxylic acids is 1. The number of carboxylic acid groups (broad SMARTS) is 1. The molecule has 0 aliphatic heterocycles. The first-order valence-electron chi connectivity index (χ1n) is 6.05. The molecule has 1 rings (SSSR count). The van der Waals surface area contributed by atoms with E-state index in [-0.39, 0.29) is 6.42 Å². The molecule has 0 saturated carbocycles. The Kier molecular flexibility index (Phi) is 4.89. The molecule has 19 heavy (non-hydrogen) atoms. The number of methoxy groups -OCH3 is 1. The first-order valence-corrected chi connectivity index (χ1v) is 6.05. The number of benzene rings is 1. The fourth-order valence-electron chi connectivity index (χ4n) is 1.80. The lowest BCUT2D eigenvalue weighted by atomic mass is 9.98. The molecule has 1 aromatic rings. The topological polar surface area (TPSA) is 58.6 Å². The Labute approximate surface area is 112 Å². The average Bonchev–Trinajstić information content (AvgIpc) is 2.26. The Bertz CT molecular complexity index is 440. The van der Waals surface area contributed by atoms with E-state index in [1.54, 1.807) is 26.8 Å². The summed E-state index contributed by atoms with van der Waals surface area (Å²) in [6, 6.07) is 3.54. The molecule has 0 aliphatic rings. The van der Waals surface area contributed by atoms with Crippen LogP contribution >= 0.6 is 0 Å². The van der Waals surface area contributed by atoms with Gasteiger partial charge in [-0.3, -0.25) is 0 Å². The van der Waals surface area contributed by atoms with Gasteiger partial charge in [0.1, 0.15) is 11.9 Å². The summed E-state index contributed by atoms with van der Waals surface area (Å²) in [7, 11) is 1.53. The summed E-state index contributed by atoms with van der Waals surface area (Å²) in [5, 5.41) is 12.1. The van der Waals surface area contributed by atoms with Gasteiger partial charge in [0, 0.05) is 19.2 Å².